The molecule has 1 aromatic heterocycles. The van der Waals surface area contributed by atoms with Crippen molar-refractivity contribution in [3.05, 3.63) is 24.2 Å². The van der Waals surface area contributed by atoms with Gasteiger partial charge in [-0.05, 0) is 43.0 Å². The van der Waals surface area contributed by atoms with Crippen LogP contribution in [-0.2, 0) is 6.42 Å². The van der Waals surface area contributed by atoms with Gasteiger partial charge in [-0.25, -0.2) is 0 Å². The van der Waals surface area contributed by atoms with Gasteiger partial charge < -0.3 is 9.73 Å². The Labute approximate surface area is 98.4 Å². The summed E-state index contributed by atoms with van der Waals surface area (Å²) in [4.78, 5) is 0. The van der Waals surface area contributed by atoms with E-state index in [1.165, 1.54) is 37.7 Å². The molecule has 1 aliphatic rings. The zero-order valence-electron chi connectivity index (χ0n) is 10.2. The van der Waals surface area contributed by atoms with Crippen molar-refractivity contribution < 1.29 is 4.42 Å². The van der Waals surface area contributed by atoms with Crippen molar-refractivity contribution in [1.82, 2.24) is 5.32 Å². The molecule has 0 spiro atoms. The van der Waals surface area contributed by atoms with Gasteiger partial charge in [0.1, 0.15) is 0 Å². The van der Waals surface area contributed by atoms with Crippen LogP contribution >= 0.6 is 0 Å². The summed E-state index contributed by atoms with van der Waals surface area (Å²) in [5.41, 5.74) is 1.36. The van der Waals surface area contributed by atoms with Gasteiger partial charge in [0.15, 0.2) is 0 Å². The van der Waals surface area contributed by atoms with Gasteiger partial charge in [0.05, 0.1) is 12.5 Å². The monoisotopic (exact) mass is 221 g/mol. The van der Waals surface area contributed by atoms with Crippen LogP contribution in [0.2, 0.25) is 0 Å². The van der Waals surface area contributed by atoms with Gasteiger partial charge in [0, 0.05) is 0 Å². The lowest BCUT2D eigenvalue weighted by Gasteiger charge is -2.23. The lowest BCUT2D eigenvalue weighted by Crippen LogP contribution is -2.28. The third kappa shape index (κ3) is 3.11. The van der Waals surface area contributed by atoms with E-state index < -0.39 is 0 Å². The van der Waals surface area contributed by atoms with E-state index in [9.17, 15) is 0 Å². The van der Waals surface area contributed by atoms with Crippen molar-refractivity contribution >= 4 is 0 Å². The molecule has 2 rings (SSSR count). The normalized spacial score (nSPS) is 19.1. The Kier molecular flexibility index (Phi) is 4.46. The Morgan fingerprint density at radius 1 is 1.44 bits per heavy atom. The lowest BCUT2D eigenvalue weighted by atomic mass is 9.86. The predicted octanol–water partition coefficient (Wildman–Crippen LogP) is 3.24. The Bertz CT molecular complexity index is 275. The van der Waals surface area contributed by atoms with E-state index in [0.717, 1.165) is 24.9 Å². The molecular formula is C14H23NO. The summed E-state index contributed by atoms with van der Waals surface area (Å²) >= 11 is 0. The molecule has 2 heteroatoms. The van der Waals surface area contributed by atoms with Crippen LogP contribution in [0.15, 0.2) is 23.0 Å². The first-order valence-electron chi connectivity index (χ1n) is 6.62. The maximum atomic E-state index is 5.16. The fourth-order valence-electron chi connectivity index (χ4n) is 2.88. The molecule has 0 aliphatic heterocycles. The SMILES string of the molecule is CCNCC(Cc1ccoc1)C1CCCC1. The molecule has 1 aliphatic carbocycles. The van der Waals surface area contributed by atoms with Gasteiger partial charge in [-0.3, -0.25) is 0 Å². The van der Waals surface area contributed by atoms with Crippen LogP contribution in [0.25, 0.3) is 0 Å². The molecule has 1 heterocycles. The Hall–Kier alpha value is -0.760. The van der Waals surface area contributed by atoms with Gasteiger partial charge in [0.25, 0.3) is 0 Å². The minimum atomic E-state index is 0.792. The van der Waals surface area contributed by atoms with Gasteiger partial charge >= 0.3 is 0 Å². The second-order valence-corrected chi connectivity index (χ2v) is 4.95. The smallest absolute Gasteiger partial charge is 0.0934 e. The zero-order chi connectivity index (χ0) is 11.2. The summed E-state index contributed by atoms with van der Waals surface area (Å²) in [7, 11) is 0. The standard InChI is InChI=1S/C14H23NO/c1-2-15-10-14(13-5-3-4-6-13)9-12-7-8-16-11-12/h7-8,11,13-15H,2-6,9-10H2,1H3. The first-order chi connectivity index (χ1) is 7.90. The van der Waals surface area contributed by atoms with E-state index in [1.807, 2.05) is 6.26 Å². The number of rotatable bonds is 6. The number of furan rings is 1. The molecule has 0 amide bonds. The molecule has 0 aromatic carbocycles. The highest BCUT2D eigenvalue weighted by atomic mass is 16.3. The minimum absolute atomic E-state index is 0.792. The quantitative estimate of drug-likeness (QED) is 0.797. The van der Waals surface area contributed by atoms with E-state index in [0.29, 0.717) is 0 Å². The molecule has 1 fully saturated rings. The van der Waals surface area contributed by atoms with E-state index >= 15 is 0 Å². The van der Waals surface area contributed by atoms with Crippen molar-refractivity contribution in [3.63, 3.8) is 0 Å². The molecule has 16 heavy (non-hydrogen) atoms. The van der Waals surface area contributed by atoms with Crippen molar-refractivity contribution in [3.8, 4) is 0 Å². The fraction of sp³-hybridized carbons (Fsp3) is 0.714. The Morgan fingerprint density at radius 2 is 2.25 bits per heavy atom. The molecule has 1 saturated carbocycles. The summed E-state index contributed by atoms with van der Waals surface area (Å²) in [5, 5.41) is 3.51. The maximum Gasteiger partial charge on any atom is 0.0934 e. The highest BCUT2D eigenvalue weighted by Gasteiger charge is 2.24. The summed E-state index contributed by atoms with van der Waals surface area (Å²) < 4.78 is 5.16. The Balaban J connectivity index is 1.90. The molecule has 2 nitrogen and oxygen atoms in total. The van der Waals surface area contributed by atoms with Crippen molar-refractivity contribution in [2.75, 3.05) is 13.1 Å². The molecule has 0 bridgehead atoms. The number of hydrogen-bond donors (Lipinski definition) is 1. The Morgan fingerprint density at radius 3 is 2.88 bits per heavy atom. The fourth-order valence-corrected chi connectivity index (χ4v) is 2.88. The summed E-state index contributed by atoms with van der Waals surface area (Å²) in [6, 6.07) is 2.11. The zero-order valence-corrected chi connectivity index (χ0v) is 10.2. The van der Waals surface area contributed by atoms with Crippen LogP contribution < -0.4 is 5.32 Å². The van der Waals surface area contributed by atoms with Crippen LogP contribution in [0.1, 0.15) is 38.2 Å². The first kappa shape index (κ1) is 11.7. The van der Waals surface area contributed by atoms with Crippen LogP contribution in [0.5, 0.6) is 0 Å². The van der Waals surface area contributed by atoms with Crippen molar-refractivity contribution in [2.24, 2.45) is 11.8 Å². The molecule has 1 aromatic rings. The predicted molar refractivity (Wildman–Crippen MR) is 66.4 cm³/mol. The summed E-state index contributed by atoms with van der Waals surface area (Å²) in [6.07, 6.45) is 10.6. The second-order valence-electron chi connectivity index (χ2n) is 4.95. The molecule has 1 unspecified atom stereocenters. The van der Waals surface area contributed by atoms with E-state index in [2.05, 4.69) is 18.3 Å². The molecular weight excluding hydrogens is 198 g/mol. The van der Waals surface area contributed by atoms with Crippen molar-refractivity contribution in [1.29, 1.82) is 0 Å². The molecule has 0 saturated heterocycles. The molecule has 1 N–H and O–H groups in total. The number of hydrogen-bond acceptors (Lipinski definition) is 2. The number of nitrogens with one attached hydrogen (secondary N) is 1. The molecule has 1 atom stereocenters. The van der Waals surface area contributed by atoms with Crippen LogP contribution in [0.4, 0.5) is 0 Å². The largest absolute Gasteiger partial charge is 0.472 e. The molecule has 90 valence electrons. The minimum Gasteiger partial charge on any atom is -0.472 e. The van der Waals surface area contributed by atoms with Gasteiger partial charge in [0.2, 0.25) is 0 Å². The summed E-state index contributed by atoms with van der Waals surface area (Å²) in [5.74, 6) is 1.72. The first-order valence-corrected chi connectivity index (χ1v) is 6.62. The van der Waals surface area contributed by atoms with Crippen LogP contribution in [0.3, 0.4) is 0 Å². The lowest BCUT2D eigenvalue weighted by molar-refractivity contribution is 0.322. The highest BCUT2D eigenvalue weighted by molar-refractivity contribution is 5.07. The third-order valence-electron chi connectivity index (χ3n) is 3.80. The average molecular weight is 221 g/mol. The van der Waals surface area contributed by atoms with E-state index in [4.69, 9.17) is 4.42 Å². The van der Waals surface area contributed by atoms with Gasteiger partial charge in [-0.2, -0.15) is 0 Å². The second kappa shape index (κ2) is 6.09. The third-order valence-corrected chi connectivity index (χ3v) is 3.80. The average Bonchev–Trinajstić information content (AvgIpc) is 2.96. The van der Waals surface area contributed by atoms with Crippen molar-refractivity contribution in [2.45, 2.75) is 39.0 Å². The van der Waals surface area contributed by atoms with E-state index in [1.54, 1.807) is 6.26 Å². The van der Waals surface area contributed by atoms with Crippen LogP contribution in [0, 0.1) is 11.8 Å². The van der Waals surface area contributed by atoms with Gasteiger partial charge in [-0.15, -0.1) is 0 Å². The van der Waals surface area contributed by atoms with E-state index in [-0.39, 0.29) is 0 Å². The van der Waals surface area contributed by atoms with Gasteiger partial charge in [-0.1, -0.05) is 32.6 Å². The molecule has 0 radical (unpaired) electrons. The van der Waals surface area contributed by atoms with Crippen LogP contribution in [-0.4, -0.2) is 13.1 Å². The maximum absolute atomic E-state index is 5.16. The highest BCUT2D eigenvalue weighted by Crippen LogP contribution is 2.33. The topological polar surface area (TPSA) is 25.2 Å². The summed E-state index contributed by atoms with van der Waals surface area (Å²) in [6.45, 7) is 4.42.